The number of anilines is 1. The van der Waals surface area contributed by atoms with E-state index in [4.69, 9.17) is 9.84 Å². The second-order valence-electron chi connectivity index (χ2n) is 5.39. The van der Waals surface area contributed by atoms with E-state index in [1.54, 1.807) is 18.2 Å². The second kappa shape index (κ2) is 6.13. The van der Waals surface area contributed by atoms with E-state index in [0.717, 1.165) is 0 Å². The van der Waals surface area contributed by atoms with Gasteiger partial charge < -0.3 is 20.5 Å². The highest BCUT2D eigenvalue weighted by Gasteiger charge is 2.25. The molecule has 2 amide bonds. The van der Waals surface area contributed by atoms with Crippen LogP contribution in [0.3, 0.4) is 0 Å². The van der Waals surface area contributed by atoms with E-state index in [-0.39, 0.29) is 25.0 Å². The molecule has 3 N–H and O–H groups in total. The number of nitrogens with one attached hydrogen (secondary N) is 2. The van der Waals surface area contributed by atoms with Gasteiger partial charge in [0.25, 0.3) is 11.8 Å². The van der Waals surface area contributed by atoms with Crippen LogP contribution in [0.5, 0.6) is 5.75 Å². The molecule has 1 aromatic rings. The van der Waals surface area contributed by atoms with Crippen LogP contribution in [0.1, 0.15) is 37.0 Å². The fourth-order valence-corrected chi connectivity index (χ4v) is 2.15. The van der Waals surface area contributed by atoms with E-state index in [9.17, 15) is 9.59 Å². The van der Waals surface area contributed by atoms with Crippen molar-refractivity contribution in [3.63, 3.8) is 0 Å². The summed E-state index contributed by atoms with van der Waals surface area (Å²) in [5.41, 5.74) is 0.484. The third kappa shape index (κ3) is 3.52. The predicted octanol–water partition coefficient (Wildman–Crippen LogP) is 1.30. The molecule has 6 heteroatoms. The van der Waals surface area contributed by atoms with Gasteiger partial charge in [-0.2, -0.15) is 0 Å². The zero-order chi connectivity index (χ0) is 15.5. The van der Waals surface area contributed by atoms with Gasteiger partial charge in [0, 0.05) is 17.7 Å². The number of carbonyl (C=O) groups is 2. The molecule has 1 atom stereocenters. The van der Waals surface area contributed by atoms with Crippen molar-refractivity contribution in [2.45, 2.75) is 32.2 Å². The van der Waals surface area contributed by atoms with Gasteiger partial charge in [0.15, 0.2) is 6.61 Å². The van der Waals surface area contributed by atoms with E-state index in [1.165, 1.54) is 0 Å². The summed E-state index contributed by atoms with van der Waals surface area (Å²) < 4.78 is 5.25. The largest absolute Gasteiger partial charge is 0.482 e. The Hall–Kier alpha value is -2.08. The van der Waals surface area contributed by atoms with Crippen molar-refractivity contribution in [1.29, 1.82) is 0 Å². The quantitative estimate of drug-likeness (QED) is 0.763. The Morgan fingerprint density at radius 1 is 1.52 bits per heavy atom. The summed E-state index contributed by atoms with van der Waals surface area (Å²) >= 11 is 0. The zero-order valence-corrected chi connectivity index (χ0v) is 12.2. The van der Waals surface area contributed by atoms with Crippen molar-refractivity contribution >= 4 is 17.5 Å². The molecule has 0 aromatic heterocycles. The number of fused-ring (bicyclic) bond motifs is 1. The highest BCUT2D eigenvalue weighted by molar-refractivity contribution is 6.00. The van der Waals surface area contributed by atoms with Crippen LogP contribution in [0.15, 0.2) is 18.2 Å². The number of carbonyl (C=O) groups excluding carboxylic acids is 2. The Balaban J connectivity index is 2.16. The molecule has 1 aliphatic rings. The van der Waals surface area contributed by atoms with Crippen LogP contribution in [0, 0.1) is 0 Å². The molecule has 114 valence electrons. The third-order valence-electron chi connectivity index (χ3n) is 3.73. The fraction of sp³-hybridized carbons (Fsp3) is 0.467. The van der Waals surface area contributed by atoms with Crippen molar-refractivity contribution < 1.29 is 19.4 Å². The minimum atomic E-state index is -0.457. The van der Waals surface area contributed by atoms with Gasteiger partial charge in [0.2, 0.25) is 0 Å². The van der Waals surface area contributed by atoms with Gasteiger partial charge in [-0.3, -0.25) is 9.59 Å². The van der Waals surface area contributed by atoms with E-state index in [0.29, 0.717) is 29.8 Å². The highest BCUT2D eigenvalue weighted by Crippen LogP contribution is 2.28. The first-order valence-electron chi connectivity index (χ1n) is 6.97. The standard InChI is InChI=1S/C15H20N2O4/c1-3-15(2,6-7-18)17-14(20)10-4-5-12-11(8-10)16-13(19)9-21-12/h4-5,8,18H,3,6-7,9H2,1-2H3,(H,16,19)(H,17,20). The average molecular weight is 292 g/mol. The molecular formula is C15H20N2O4. The Morgan fingerprint density at radius 2 is 2.29 bits per heavy atom. The van der Waals surface area contributed by atoms with Crippen LogP contribution in [0.4, 0.5) is 5.69 Å². The minimum Gasteiger partial charge on any atom is -0.482 e. The number of benzene rings is 1. The summed E-state index contributed by atoms with van der Waals surface area (Å²) in [4.78, 5) is 23.6. The van der Waals surface area contributed by atoms with E-state index in [2.05, 4.69) is 10.6 Å². The molecule has 21 heavy (non-hydrogen) atoms. The van der Waals surface area contributed by atoms with Gasteiger partial charge >= 0.3 is 0 Å². The molecule has 0 spiro atoms. The third-order valence-corrected chi connectivity index (χ3v) is 3.73. The van der Waals surface area contributed by atoms with Crippen LogP contribution >= 0.6 is 0 Å². The van der Waals surface area contributed by atoms with Crippen molar-refractivity contribution in [2.24, 2.45) is 0 Å². The Kier molecular flexibility index (Phi) is 4.47. The smallest absolute Gasteiger partial charge is 0.262 e. The average Bonchev–Trinajstić information content (AvgIpc) is 2.46. The number of hydrogen-bond donors (Lipinski definition) is 3. The molecule has 1 heterocycles. The summed E-state index contributed by atoms with van der Waals surface area (Å²) in [7, 11) is 0. The SMILES string of the molecule is CCC(C)(CCO)NC(=O)c1ccc2c(c1)NC(=O)CO2. The van der Waals surface area contributed by atoms with Crippen molar-refractivity contribution in [3.05, 3.63) is 23.8 Å². The van der Waals surface area contributed by atoms with E-state index in [1.807, 2.05) is 13.8 Å². The Bertz CT molecular complexity index is 559. The van der Waals surface area contributed by atoms with Crippen LogP contribution in [-0.2, 0) is 4.79 Å². The Morgan fingerprint density at radius 3 is 2.95 bits per heavy atom. The topological polar surface area (TPSA) is 87.7 Å². The molecule has 0 radical (unpaired) electrons. The van der Waals surface area contributed by atoms with Gasteiger partial charge in [0.05, 0.1) is 5.69 Å². The molecule has 0 fully saturated rings. The zero-order valence-electron chi connectivity index (χ0n) is 12.2. The summed E-state index contributed by atoms with van der Waals surface area (Å²) in [6.45, 7) is 3.85. The number of amides is 2. The molecule has 0 aliphatic carbocycles. The first-order chi connectivity index (χ1) is 9.97. The summed E-state index contributed by atoms with van der Waals surface area (Å²) in [5, 5.41) is 14.7. The monoisotopic (exact) mass is 292 g/mol. The summed E-state index contributed by atoms with van der Waals surface area (Å²) in [6.07, 6.45) is 1.20. The lowest BCUT2D eigenvalue weighted by Crippen LogP contribution is -2.46. The number of aliphatic hydroxyl groups is 1. The van der Waals surface area contributed by atoms with Gasteiger partial charge in [-0.1, -0.05) is 6.92 Å². The van der Waals surface area contributed by atoms with Crippen LogP contribution < -0.4 is 15.4 Å². The lowest BCUT2D eigenvalue weighted by Gasteiger charge is -2.29. The molecule has 0 saturated carbocycles. The van der Waals surface area contributed by atoms with E-state index < -0.39 is 5.54 Å². The maximum atomic E-state index is 12.3. The fourth-order valence-electron chi connectivity index (χ4n) is 2.15. The first kappa shape index (κ1) is 15.3. The normalized spacial score (nSPS) is 16.2. The highest BCUT2D eigenvalue weighted by atomic mass is 16.5. The van der Waals surface area contributed by atoms with Crippen LogP contribution in [0.25, 0.3) is 0 Å². The lowest BCUT2D eigenvalue weighted by atomic mass is 9.94. The summed E-state index contributed by atoms with van der Waals surface area (Å²) in [6, 6.07) is 4.91. The van der Waals surface area contributed by atoms with Gasteiger partial charge in [0.1, 0.15) is 5.75 Å². The van der Waals surface area contributed by atoms with E-state index >= 15 is 0 Å². The number of hydrogen-bond acceptors (Lipinski definition) is 4. The molecule has 0 saturated heterocycles. The molecule has 2 rings (SSSR count). The minimum absolute atomic E-state index is 0.0110. The maximum Gasteiger partial charge on any atom is 0.262 e. The van der Waals surface area contributed by atoms with Crippen molar-refractivity contribution in [3.8, 4) is 5.75 Å². The number of aliphatic hydroxyl groups excluding tert-OH is 1. The first-order valence-corrected chi connectivity index (χ1v) is 6.97. The van der Waals surface area contributed by atoms with Gasteiger partial charge in [-0.05, 0) is 38.0 Å². The second-order valence-corrected chi connectivity index (χ2v) is 5.39. The molecule has 6 nitrogen and oxygen atoms in total. The van der Waals surface area contributed by atoms with Gasteiger partial charge in [-0.25, -0.2) is 0 Å². The number of rotatable bonds is 5. The van der Waals surface area contributed by atoms with Crippen LogP contribution in [-0.4, -0.2) is 35.7 Å². The Labute approximate surface area is 123 Å². The lowest BCUT2D eigenvalue weighted by molar-refractivity contribution is -0.118. The van der Waals surface area contributed by atoms with Crippen LogP contribution in [0.2, 0.25) is 0 Å². The number of ether oxygens (including phenoxy) is 1. The molecule has 0 bridgehead atoms. The maximum absolute atomic E-state index is 12.3. The molecular weight excluding hydrogens is 272 g/mol. The summed E-state index contributed by atoms with van der Waals surface area (Å²) in [5.74, 6) is 0.0777. The molecule has 1 unspecified atom stereocenters. The van der Waals surface area contributed by atoms with Crippen molar-refractivity contribution in [2.75, 3.05) is 18.5 Å². The van der Waals surface area contributed by atoms with Crippen molar-refractivity contribution in [1.82, 2.24) is 5.32 Å². The predicted molar refractivity (Wildman–Crippen MR) is 78.4 cm³/mol. The molecule has 1 aliphatic heterocycles. The van der Waals surface area contributed by atoms with Gasteiger partial charge in [-0.15, -0.1) is 0 Å². The molecule has 1 aromatic carbocycles.